The number of halogens is 1. The van der Waals surface area contributed by atoms with Gasteiger partial charge in [-0.3, -0.25) is 4.98 Å². The molecule has 0 unspecified atom stereocenters. The Morgan fingerprint density at radius 3 is 2.53 bits per heavy atom. The Balaban J connectivity index is 2.45. The van der Waals surface area contributed by atoms with Crippen molar-refractivity contribution in [2.75, 3.05) is 7.11 Å². The summed E-state index contributed by atoms with van der Waals surface area (Å²) in [5, 5.41) is 0. The largest absolute Gasteiger partial charge is 0.495 e. The van der Waals surface area contributed by atoms with E-state index in [-0.39, 0.29) is 11.5 Å². The Labute approximate surface area is 98.2 Å². The van der Waals surface area contributed by atoms with Crippen LogP contribution in [0.25, 0.3) is 0 Å². The quantitative estimate of drug-likeness (QED) is 0.897. The van der Waals surface area contributed by atoms with Crippen molar-refractivity contribution in [3.8, 4) is 5.75 Å². The van der Waals surface area contributed by atoms with E-state index >= 15 is 0 Å². The van der Waals surface area contributed by atoms with Gasteiger partial charge in [0.2, 0.25) is 0 Å². The second kappa shape index (κ2) is 3.46. The molecule has 1 heterocycles. The number of nitrogens with zero attached hydrogens (tertiary/aromatic N) is 1. The van der Waals surface area contributed by atoms with Crippen LogP contribution in [0.15, 0.2) is 16.9 Å². The van der Waals surface area contributed by atoms with Crippen LogP contribution in [0.1, 0.15) is 25.3 Å². The highest BCUT2D eigenvalue weighted by molar-refractivity contribution is 9.10. The monoisotopic (exact) mass is 270 g/mol. The van der Waals surface area contributed by atoms with Gasteiger partial charge >= 0.3 is 0 Å². The van der Waals surface area contributed by atoms with Gasteiger partial charge in [-0.25, -0.2) is 0 Å². The zero-order valence-electron chi connectivity index (χ0n) is 9.12. The van der Waals surface area contributed by atoms with Crippen LogP contribution in [0, 0.1) is 5.41 Å². The molecule has 2 atom stereocenters. The van der Waals surface area contributed by atoms with Crippen molar-refractivity contribution in [3.63, 3.8) is 0 Å². The highest BCUT2D eigenvalue weighted by Crippen LogP contribution is 2.60. The summed E-state index contributed by atoms with van der Waals surface area (Å²) < 4.78 is 6.30. The summed E-state index contributed by atoms with van der Waals surface area (Å²) in [5.41, 5.74) is 7.37. The predicted molar refractivity (Wildman–Crippen MR) is 63.0 cm³/mol. The third-order valence-corrected chi connectivity index (χ3v) is 3.98. The first-order chi connectivity index (χ1) is 7.00. The average Bonchev–Trinajstić information content (AvgIpc) is 2.66. The predicted octanol–water partition coefficient (Wildman–Crippen LogP) is 2.30. The minimum Gasteiger partial charge on any atom is -0.495 e. The second-order valence-corrected chi connectivity index (χ2v) is 5.42. The van der Waals surface area contributed by atoms with E-state index in [1.807, 2.05) is 0 Å². The maximum atomic E-state index is 6.07. The smallest absolute Gasteiger partial charge is 0.141 e. The molecule has 0 aliphatic heterocycles. The van der Waals surface area contributed by atoms with Gasteiger partial charge in [-0.15, -0.1) is 0 Å². The molecule has 3 nitrogen and oxygen atoms in total. The van der Waals surface area contributed by atoms with Gasteiger partial charge in [0.15, 0.2) is 0 Å². The fourth-order valence-electron chi connectivity index (χ4n) is 2.12. The van der Waals surface area contributed by atoms with Gasteiger partial charge in [0.1, 0.15) is 5.75 Å². The molecule has 1 fully saturated rings. The van der Waals surface area contributed by atoms with Gasteiger partial charge in [0.25, 0.3) is 0 Å². The molecule has 1 aliphatic rings. The van der Waals surface area contributed by atoms with E-state index in [1.165, 1.54) is 0 Å². The molecule has 82 valence electrons. The number of ether oxygens (including phenoxy) is 1. The molecule has 2 N–H and O–H groups in total. The lowest BCUT2D eigenvalue weighted by atomic mass is 10.0. The highest BCUT2D eigenvalue weighted by Gasteiger charge is 2.57. The van der Waals surface area contributed by atoms with Crippen molar-refractivity contribution in [3.05, 3.63) is 22.4 Å². The molecule has 15 heavy (non-hydrogen) atoms. The van der Waals surface area contributed by atoms with E-state index < -0.39 is 0 Å². The maximum absolute atomic E-state index is 6.07. The molecular weight excluding hydrogens is 256 g/mol. The van der Waals surface area contributed by atoms with Crippen LogP contribution < -0.4 is 10.5 Å². The molecular formula is C11H15BrN2O. The van der Waals surface area contributed by atoms with Crippen LogP contribution in [0.4, 0.5) is 0 Å². The first-order valence-electron chi connectivity index (χ1n) is 4.93. The summed E-state index contributed by atoms with van der Waals surface area (Å²) in [5.74, 6) is 1.17. The van der Waals surface area contributed by atoms with Crippen molar-refractivity contribution in [2.24, 2.45) is 11.1 Å². The number of hydrogen-bond acceptors (Lipinski definition) is 3. The van der Waals surface area contributed by atoms with Crippen molar-refractivity contribution in [1.29, 1.82) is 0 Å². The zero-order valence-corrected chi connectivity index (χ0v) is 10.7. The lowest BCUT2D eigenvalue weighted by Gasteiger charge is -2.10. The standard InChI is InChI=1S/C11H15BrN2O/c1-11(2)9(10(11)13)8-6(12)4-14-5-7(8)15-3/h4-5,9-10H,13H2,1-3H3/t9-,10-/m0/s1. The maximum Gasteiger partial charge on any atom is 0.141 e. The summed E-state index contributed by atoms with van der Waals surface area (Å²) >= 11 is 3.51. The SMILES string of the molecule is COc1cncc(Br)c1[C@H]1[C@H](N)C1(C)C. The van der Waals surface area contributed by atoms with Crippen molar-refractivity contribution >= 4 is 15.9 Å². The van der Waals surface area contributed by atoms with E-state index in [2.05, 4.69) is 34.8 Å². The molecule has 0 spiro atoms. The topological polar surface area (TPSA) is 48.1 Å². The minimum absolute atomic E-state index is 0.150. The van der Waals surface area contributed by atoms with Gasteiger partial charge in [-0.2, -0.15) is 0 Å². The van der Waals surface area contributed by atoms with Gasteiger partial charge < -0.3 is 10.5 Å². The highest BCUT2D eigenvalue weighted by atomic mass is 79.9. The molecule has 0 radical (unpaired) electrons. The molecule has 0 aromatic carbocycles. The van der Waals surface area contributed by atoms with Crippen LogP contribution in [0.5, 0.6) is 5.75 Å². The first-order valence-corrected chi connectivity index (χ1v) is 5.72. The Kier molecular flexibility index (Phi) is 2.51. The molecule has 4 heteroatoms. The Hall–Kier alpha value is -0.610. The van der Waals surface area contributed by atoms with Crippen LogP contribution in [0.2, 0.25) is 0 Å². The van der Waals surface area contributed by atoms with Crippen LogP contribution >= 0.6 is 15.9 Å². The minimum atomic E-state index is 0.150. The number of hydrogen-bond donors (Lipinski definition) is 1. The first kappa shape index (κ1) is 10.9. The van der Waals surface area contributed by atoms with Crippen molar-refractivity contribution < 1.29 is 4.74 Å². The molecule has 1 aromatic rings. The number of methoxy groups -OCH3 is 1. The Bertz CT molecular complexity index is 392. The van der Waals surface area contributed by atoms with E-state index in [4.69, 9.17) is 10.5 Å². The van der Waals surface area contributed by atoms with E-state index in [0.29, 0.717) is 5.92 Å². The van der Waals surface area contributed by atoms with Gasteiger partial charge in [0, 0.05) is 28.2 Å². The molecule has 1 saturated carbocycles. The summed E-state index contributed by atoms with van der Waals surface area (Å²) in [7, 11) is 1.66. The average molecular weight is 271 g/mol. The number of aromatic nitrogens is 1. The van der Waals surface area contributed by atoms with E-state index in [1.54, 1.807) is 19.5 Å². The third-order valence-electron chi connectivity index (χ3n) is 3.34. The summed E-state index contributed by atoms with van der Waals surface area (Å²) in [6.45, 7) is 4.35. The van der Waals surface area contributed by atoms with E-state index in [0.717, 1.165) is 15.8 Å². The molecule has 1 aliphatic carbocycles. The Morgan fingerprint density at radius 1 is 1.47 bits per heavy atom. The summed E-state index contributed by atoms with van der Waals surface area (Å²) in [6, 6.07) is 0.199. The van der Waals surface area contributed by atoms with E-state index in [9.17, 15) is 0 Å². The van der Waals surface area contributed by atoms with Crippen LogP contribution in [-0.4, -0.2) is 18.1 Å². The van der Waals surface area contributed by atoms with Gasteiger partial charge in [-0.05, 0) is 21.3 Å². The third kappa shape index (κ3) is 1.56. The molecule has 2 rings (SSSR count). The summed E-state index contributed by atoms with van der Waals surface area (Å²) in [6.07, 6.45) is 3.53. The molecule has 0 saturated heterocycles. The number of nitrogens with two attached hydrogens (primary N) is 1. The zero-order chi connectivity index (χ0) is 11.2. The lowest BCUT2D eigenvalue weighted by Crippen LogP contribution is -2.06. The fraction of sp³-hybridized carbons (Fsp3) is 0.545. The number of rotatable bonds is 2. The molecule has 0 bridgehead atoms. The van der Waals surface area contributed by atoms with Crippen LogP contribution in [-0.2, 0) is 0 Å². The fourth-order valence-corrected chi connectivity index (χ4v) is 2.68. The second-order valence-electron chi connectivity index (χ2n) is 4.56. The van der Waals surface area contributed by atoms with Gasteiger partial charge in [-0.1, -0.05) is 13.8 Å². The van der Waals surface area contributed by atoms with Gasteiger partial charge in [0.05, 0.1) is 13.3 Å². The van der Waals surface area contributed by atoms with Crippen molar-refractivity contribution in [2.45, 2.75) is 25.8 Å². The van der Waals surface area contributed by atoms with Crippen molar-refractivity contribution in [1.82, 2.24) is 4.98 Å². The summed E-state index contributed by atoms with van der Waals surface area (Å²) in [4.78, 5) is 4.09. The molecule has 1 aromatic heterocycles. The van der Waals surface area contributed by atoms with Crippen LogP contribution in [0.3, 0.4) is 0 Å². The Morgan fingerprint density at radius 2 is 2.07 bits per heavy atom. The lowest BCUT2D eigenvalue weighted by molar-refractivity contribution is 0.405. The normalized spacial score (nSPS) is 27.5. The molecule has 0 amide bonds. The number of pyridine rings is 1.